The Balaban J connectivity index is 1.75. The average Bonchev–Trinajstić information content (AvgIpc) is 2.93. The van der Waals surface area contributed by atoms with Crippen molar-refractivity contribution >= 4 is 23.2 Å². The molecule has 9 heteroatoms. The number of nitrogens with one attached hydrogen (secondary N) is 2. The smallest absolute Gasteiger partial charge is 0.252 e. The molecule has 0 saturated heterocycles. The van der Waals surface area contributed by atoms with Crippen molar-refractivity contribution in [2.45, 2.75) is 12.1 Å². The van der Waals surface area contributed by atoms with Crippen molar-refractivity contribution in [1.82, 2.24) is 4.98 Å². The standard InChI is InChI=1S/C28H28FN5O3/c1-36-20-13-19(14-21(15-20)37-2)32-27-22(26(31)35)16-23(29)28(34-27)33-25(18-11-7-4-8-12-18)24(30)17-9-5-3-6-10-17/h3-16,24-25H,30H2,1-2H3,(H2,31,35)(H2,32,33,34)/t24-,25+/m1/s1. The second-order valence-electron chi connectivity index (χ2n) is 8.27. The average molecular weight is 502 g/mol. The fourth-order valence-corrected chi connectivity index (χ4v) is 3.95. The first-order valence-corrected chi connectivity index (χ1v) is 11.5. The minimum atomic E-state index is -0.837. The van der Waals surface area contributed by atoms with Gasteiger partial charge >= 0.3 is 0 Å². The summed E-state index contributed by atoms with van der Waals surface area (Å²) in [4.78, 5) is 16.6. The molecule has 8 nitrogen and oxygen atoms in total. The van der Waals surface area contributed by atoms with Gasteiger partial charge in [-0.3, -0.25) is 4.79 Å². The van der Waals surface area contributed by atoms with E-state index in [9.17, 15) is 4.79 Å². The second kappa shape index (κ2) is 11.4. The molecular formula is C28H28FN5O3. The largest absolute Gasteiger partial charge is 0.497 e. The van der Waals surface area contributed by atoms with E-state index in [1.165, 1.54) is 14.2 Å². The molecule has 0 aliphatic carbocycles. The van der Waals surface area contributed by atoms with Crippen LogP contribution in [0.3, 0.4) is 0 Å². The molecule has 6 N–H and O–H groups in total. The Kier molecular flexibility index (Phi) is 7.85. The van der Waals surface area contributed by atoms with Gasteiger partial charge in [-0.15, -0.1) is 0 Å². The zero-order valence-electron chi connectivity index (χ0n) is 20.4. The molecule has 0 fully saturated rings. The summed E-state index contributed by atoms with van der Waals surface area (Å²) < 4.78 is 25.9. The Hall–Kier alpha value is -4.63. The zero-order chi connectivity index (χ0) is 26.4. The van der Waals surface area contributed by atoms with Gasteiger partial charge in [0.25, 0.3) is 5.91 Å². The number of amides is 1. The van der Waals surface area contributed by atoms with Gasteiger partial charge in [0, 0.05) is 23.9 Å². The van der Waals surface area contributed by atoms with Crippen LogP contribution in [0.15, 0.2) is 84.9 Å². The molecule has 0 unspecified atom stereocenters. The van der Waals surface area contributed by atoms with E-state index in [4.69, 9.17) is 20.9 Å². The van der Waals surface area contributed by atoms with Crippen LogP contribution in [-0.2, 0) is 0 Å². The third-order valence-corrected chi connectivity index (χ3v) is 5.85. The van der Waals surface area contributed by atoms with E-state index < -0.39 is 23.8 Å². The van der Waals surface area contributed by atoms with Crippen LogP contribution < -0.4 is 31.6 Å². The maximum atomic E-state index is 15.3. The van der Waals surface area contributed by atoms with Gasteiger partial charge in [-0.05, 0) is 17.2 Å². The molecule has 190 valence electrons. The lowest BCUT2D eigenvalue weighted by Crippen LogP contribution is -2.27. The lowest BCUT2D eigenvalue weighted by atomic mass is 9.94. The SMILES string of the molecule is COc1cc(Nc2nc(N[C@@H](c3ccccc3)[C@H](N)c3ccccc3)c(F)cc2C(N)=O)cc(OC)c1. The molecule has 2 atom stereocenters. The number of primary amides is 1. The Morgan fingerprint density at radius 1 is 0.865 bits per heavy atom. The topological polar surface area (TPSA) is 125 Å². The quantitative estimate of drug-likeness (QED) is 0.243. The van der Waals surface area contributed by atoms with E-state index in [1.54, 1.807) is 18.2 Å². The normalized spacial score (nSPS) is 12.3. The Morgan fingerprint density at radius 3 is 1.97 bits per heavy atom. The lowest BCUT2D eigenvalue weighted by molar-refractivity contribution is 0.100. The summed E-state index contributed by atoms with van der Waals surface area (Å²) in [7, 11) is 3.04. The fourth-order valence-electron chi connectivity index (χ4n) is 3.95. The molecule has 1 amide bonds. The molecule has 37 heavy (non-hydrogen) atoms. The predicted octanol–water partition coefficient (Wildman–Crippen LogP) is 4.93. The highest BCUT2D eigenvalue weighted by atomic mass is 19.1. The number of ether oxygens (including phenoxy) is 2. The van der Waals surface area contributed by atoms with E-state index in [1.807, 2.05) is 60.7 Å². The van der Waals surface area contributed by atoms with Crippen molar-refractivity contribution in [3.8, 4) is 11.5 Å². The van der Waals surface area contributed by atoms with Crippen molar-refractivity contribution in [3.05, 3.63) is 107 Å². The second-order valence-corrected chi connectivity index (χ2v) is 8.27. The van der Waals surface area contributed by atoms with Gasteiger partial charge in [-0.1, -0.05) is 60.7 Å². The number of pyridine rings is 1. The summed E-state index contributed by atoms with van der Waals surface area (Å²) in [5, 5.41) is 6.18. The van der Waals surface area contributed by atoms with Gasteiger partial charge in [0.05, 0.1) is 31.9 Å². The summed E-state index contributed by atoms with van der Waals surface area (Å²) >= 11 is 0. The lowest BCUT2D eigenvalue weighted by Gasteiger charge is -2.27. The number of aromatic nitrogens is 1. The van der Waals surface area contributed by atoms with Crippen LogP contribution in [0.4, 0.5) is 21.7 Å². The number of anilines is 3. The molecule has 0 spiro atoms. The van der Waals surface area contributed by atoms with Gasteiger partial charge in [0.2, 0.25) is 0 Å². The van der Waals surface area contributed by atoms with Crippen LogP contribution in [0.2, 0.25) is 0 Å². The van der Waals surface area contributed by atoms with Gasteiger partial charge < -0.3 is 31.6 Å². The van der Waals surface area contributed by atoms with Crippen molar-refractivity contribution in [2.75, 3.05) is 24.9 Å². The van der Waals surface area contributed by atoms with Crippen molar-refractivity contribution in [1.29, 1.82) is 0 Å². The first-order valence-electron chi connectivity index (χ1n) is 11.5. The maximum absolute atomic E-state index is 15.3. The minimum Gasteiger partial charge on any atom is -0.497 e. The number of carbonyl (C=O) groups excluding carboxylic acids is 1. The van der Waals surface area contributed by atoms with Crippen LogP contribution in [0.25, 0.3) is 0 Å². The monoisotopic (exact) mass is 501 g/mol. The number of rotatable bonds is 10. The molecule has 0 radical (unpaired) electrons. The van der Waals surface area contributed by atoms with Crippen LogP contribution in [-0.4, -0.2) is 25.1 Å². The molecule has 0 aliphatic heterocycles. The Morgan fingerprint density at radius 2 is 1.43 bits per heavy atom. The maximum Gasteiger partial charge on any atom is 0.252 e. The predicted molar refractivity (Wildman–Crippen MR) is 142 cm³/mol. The molecular weight excluding hydrogens is 473 g/mol. The van der Waals surface area contributed by atoms with E-state index in [0.29, 0.717) is 17.2 Å². The molecule has 4 rings (SSSR count). The molecule has 0 aliphatic rings. The third kappa shape index (κ3) is 5.96. The van der Waals surface area contributed by atoms with Gasteiger partial charge in [0.1, 0.15) is 17.3 Å². The molecule has 1 aromatic heterocycles. The third-order valence-electron chi connectivity index (χ3n) is 5.85. The van der Waals surface area contributed by atoms with E-state index in [0.717, 1.165) is 17.2 Å². The molecule has 1 heterocycles. The van der Waals surface area contributed by atoms with Crippen LogP contribution >= 0.6 is 0 Å². The zero-order valence-corrected chi connectivity index (χ0v) is 20.4. The summed E-state index contributed by atoms with van der Waals surface area (Å²) in [6, 6.07) is 24.0. The summed E-state index contributed by atoms with van der Waals surface area (Å²) in [5.41, 5.74) is 14.3. The number of hydrogen-bond acceptors (Lipinski definition) is 7. The highest BCUT2D eigenvalue weighted by molar-refractivity contribution is 5.98. The van der Waals surface area contributed by atoms with Gasteiger partial charge in [-0.2, -0.15) is 0 Å². The first kappa shape index (κ1) is 25.5. The molecule has 0 saturated carbocycles. The van der Waals surface area contributed by atoms with E-state index in [2.05, 4.69) is 15.6 Å². The van der Waals surface area contributed by atoms with E-state index in [-0.39, 0.29) is 17.2 Å². The van der Waals surface area contributed by atoms with Crippen molar-refractivity contribution in [2.24, 2.45) is 11.5 Å². The number of methoxy groups -OCH3 is 2. The first-order chi connectivity index (χ1) is 17.9. The number of nitrogens with zero attached hydrogens (tertiary/aromatic N) is 1. The molecule has 0 bridgehead atoms. The minimum absolute atomic E-state index is 0.0619. The number of halogens is 1. The summed E-state index contributed by atoms with van der Waals surface area (Å²) in [6.45, 7) is 0. The van der Waals surface area contributed by atoms with Gasteiger partial charge in [0.15, 0.2) is 11.6 Å². The van der Waals surface area contributed by atoms with Crippen LogP contribution in [0.5, 0.6) is 11.5 Å². The summed E-state index contributed by atoms with van der Waals surface area (Å²) in [5.74, 6) is -0.587. The van der Waals surface area contributed by atoms with E-state index >= 15 is 4.39 Å². The van der Waals surface area contributed by atoms with Gasteiger partial charge in [-0.25, -0.2) is 9.37 Å². The highest BCUT2D eigenvalue weighted by Crippen LogP contribution is 2.33. The summed E-state index contributed by atoms with van der Waals surface area (Å²) in [6.07, 6.45) is 0. The Bertz CT molecular complexity index is 1350. The van der Waals surface area contributed by atoms with Crippen molar-refractivity contribution in [3.63, 3.8) is 0 Å². The molecule has 4 aromatic rings. The Labute approximate surface area is 214 Å². The highest BCUT2D eigenvalue weighted by Gasteiger charge is 2.25. The van der Waals surface area contributed by atoms with Crippen LogP contribution in [0.1, 0.15) is 33.6 Å². The van der Waals surface area contributed by atoms with Crippen LogP contribution in [0, 0.1) is 5.82 Å². The number of nitrogens with two attached hydrogens (primary N) is 2. The van der Waals surface area contributed by atoms with Crippen molar-refractivity contribution < 1.29 is 18.7 Å². The fraction of sp³-hybridized carbons (Fsp3) is 0.143. The number of benzene rings is 3. The number of carbonyl (C=O) groups is 1. The number of hydrogen-bond donors (Lipinski definition) is 4. The molecule has 3 aromatic carbocycles.